The number of likely N-dealkylation sites (tertiary alicyclic amines) is 1. The molecule has 0 aromatic heterocycles. The second kappa shape index (κ2) is 8.73. The van der Waals surface area contributed by atoms with Gasteiger partial charge in [0.05, 0.1) is 13.2 Å². The number of nitrogens with one attached hydrogen (secondary N) is 1. The lowest BCUT2D eigenvalue weighted by Crippen LogP contribution is -2.54. The molecule has 3 heterocycles. The molecule has 2 fully saturated rings. The molecule has 1 N–H and O–H groups in total. The number of halogens is 3. The lowest BCUT2D eigenvalue weighted by Gasteiger charge is -2.49. The molecule has 3 aliphatic rings. The molecular weight excluding hydrogens is 445 g/mol. The number of carbonyl (C=O) groups excluding carboxylic acids is 2. The van der Waals surface area contributed by atoms with Crippen LogP contribution in [0.25, 0.3) is 0 Å². The van der Waals surface area contributed by atoms with Crippen molar-refractivity contribution in [2.24, 2.45) is 5.41 Å². The minimum atomic E-state index is -4.67. The molecule has 2 aromatic carbocycles. The van der Waals surface area contributed by atoms with Gasteiger partial charge in [0.1, 0.15) is 0 Å². The van der Waals surface area contributed by atoms with E-state index in [9.17, 15) is 22.8 Å². The average Bonchev–Trinajstić information content (AvgIpc) is 3.27. The van der Waals surface area contributed by atoms with E-state index in [1.54, 1.807) is 6.07 Å². The molecule has 2 amide bonds. The summed E-state index contributed by atoms with van der Waals surface area (Å²) in [7, 11) is 0. The summed E-state index contributed by atoms with van der Waals surface area (Å²) in [5.41, 5.74) is 3.00. The lowest BCUT2D eigenvalue weighted by atomic mass is 9.62. The Morgan fingerprint density at radius 2 is 1.76 bits per heavy atom. The van der Waals surface area contributed by atoms with Crippen LogP contribution in [0.15, 0.2) is 48.5 Å². The Morgan fingerprint density at radius 3 is 2.47 bits per heavy atom. The van der Waals surface area contributed by atoms with Crippen molar-refractivity contribution >= 4 is 11.8 Å². The number of rotatable bonds is 3. The van der Waals surface area contributed by atoms with Crippen LogP contribution in [0.3, 0.4) is 0 Å². The molecule has 2 unspecified atom stereocenters. The van der Waals surface area contributed by atoms with E-state index in [1.165, 1.54) is 29.2 Å². The van der Waals surface area contributed by atoms with Gasteiger partial charge < -0.3 is 15.0 Å². The van der Waals surface area contributed by atoms with Crippen molar-refractivity contribution in [3.63, 3.8) is 0 Å². The summed E-state index contributed by atoms with van der Waals surface area (Å²) in [6, 6.07) is 13.6. The molecule has 8 heteroatoms. The molecule has 5 rings (SSSR count). The van der Waals surface area contributed by atoms with Gasteiger partial charge in [0, 0.05) is 32.0 Å². The van der Waals surface area contributed by atoms with Crippen molar-refractivity contribution in [3.8, 4) is 0 Å². The predicted molar refractivity (Wildman–Crippen MR) is 119 cm³/mol. The largest absolute Gasteiger partial charge is 0.404 e. The number of piperidine rings is 2. The molecule has 0 radical (unpaired) electrons. The smallest absolute Gasteiger partial charge is 0.372 e. The fraction of sp³-hybridized carbons (Fsp3) is 0.462. The van der Waals surface area contributed by atoms with Gasteiger partial charge >= 0.3 is 6.18 Å². The summed E-state index contributed by atoms with van der Waals surface area (Å²) >= 11 is 0. The summed E-state index contributed by atoms with van der Waals surface area (Å²) in [6.45, 7) is 2.06. The zero-order valence-electron chi connectivity index (χ0n) is 18.7. The van der Waals surface area contributed by atoms with E-state index in [-0.39, 0.29) is 35.9 Å². The molecule has 3 aliphatic heterocycles. The highest BCUT2D eigenvalue weighted by atomic mass is 19.4. The first-order valence-corrected chi connectivity index (χ1v) is 11.6. The van der Waals surface area contributed by atoms with Gasteiger partial charge in [-0.2, -0.15) is 13.2 Å². The van der Waals surface area contributed by atoms with Crippen LogP contribution < -0.4 is 5.32 Å². The Labute approximate surface area is 196 Å². The number of hydrogen-bond donors (Lipinski definition) is 1. The highest BCUT2D eigenvalue weighted by Crippen LogP contribution is 2.50. The quantitative estimate of drug-likeness (QED) is 0.726. The molecule has 0 bridgehead atoms. The number of nitrogens with zero attached hydrogens (tertiary/aromatic N) is 1. The van der Waals surface area contributed by atoms with Crippen LogP contribution in [0.2, 0.25) is 0 Å². The summed E-state index contributed by atoms with van der Waals surface area (Å²) in [5.74, 6) is -3.09. The number of benzene rings is 2. The minimum Gasteiger partial charge on any atom is -0.372 e. The Kier molecular flexibility index (Phi) is 5.88. The van der Waals surface area contributed by atoms with E-state index in [4.69, 9.17) is 4.74 Å². The van der Waals surface area contributed by atoms with Gasteiger partial charge in [-0.3, -0.25) is 9.59 Å². The maximum absolute atomic E-state index is 13.9. The van der Waals surface area contributed by atoms with E-state index in [2.05, 4.69) is 23.5 Å². The lowest BCUT2D eigenvalue weighted by molar-refractivity contribution is -0.173. The van der Waals surface area contributed by atoms with Crippen molar-refractivity contribution in [2.75, 3.05) is 19.6 Å². The van der Waals surface area contributed by atoms with Crippen LogP contribution in [-0.2, 0) is 27.5 Å². The van der Waals surface area contributed by atoms with Crippen molar-refractivity contribution in [1.82, 2.24) is 10.2 Å². The van der Waals surface area contributed by atoms with E-state index >= 15 is 0 Å². The maximum atomic E-state index is 13.9. The van der Waals surface area contributed by atoms with Crippen molar-refractivity contribution in [1.29, 1.82) is 0 Å². The molecule has 1 spiro atoms. The standard InChI is InChI=1S/C26H27F3N2O3/c27-26(28,29)23(17-4-2-1-3-5-17)24(33)31-10-8-25(9-11-31)13-22(32)30-14-21(25)18-6-7-19-15-34-16-20(19)12-18/h1-7,12,21,23H,8-11,13-16H2,(H,30,32). The van der Waals surface area contributed by atoms with Gasteiger partial charge in [-0.1, -0.05) is 48.5 Å². The number of fused-ring (bicyclic) bond motifs is 1. The Hall–Kier alpha value is -2.87. The van der Waals surface area contributed by atoms with Gasteiger partial charge in [0.15, 0.2) is 5.92 Å². The maximum Gasteiger partial charge on any atom is 0.404 e. The number of ether oxygens (including phenoxy) is 1. The third-order valence-electron chi connectivity index (χ3n) is 7.68. The number of hydrogen-bond acceptors (Lipinski definition) is 3. The molecule has 2 saturated heterocycles. The normalized spacial score (nSPS) is 22.9. The van der Waals surface area contributed by atoms with Crippen LogP contribution >= 0.6 is 0 Å². The third-order valence-corrected chi connectivity index (χ3v) is 7.68. The third kappa shape index (κ3) is 4.19. The van der Waals surface area contributed by atoms with E-state index in [0.717, 1.165) is 16.7 Å². The number of carbonyl (C=O) groups is 2. The van der Waals surface area contributed by atoms with E-state index < -0.39 is 18.0 Å². The molecule has 180 valence electrons. The second-order valence-corrected chi connectivity index (χ2v) is 9.63. The molecule has 2 aromatic rings. The van der Waals surface area contributed by atoms with Crippen LogP contribution in [0.1, 0.15) is 53.4 Å². The highest BCUT2D eigenvalue weighted by molar-refractivity contribution is 5.85. The zero-order chi connectivity index (χ0) is 23.9. The Bertz CT molecular complexity index is 1080. The monoisotopic (exact) mass is 472 g/mol. The summed E-state index contributed by atoms with van der Waals surface area (Å²) in [6.07, 6.45) is -3.38. The fourth-order valence-electron chi connectivity index (χ4n) is 5.82. The summed E-state index contributed by atoms with van der Waals surface area (Å²) < 4.78 is 47.2. The molecule has 0 saturated carbocycles. The Balaban J connectivity index is 1.37. The topological polar surface area (TPSA) is 58.6 Å². The molecule has 34 heavy (non-hydrogen) atoms. The highest BCUT2D eigenvalue weighted by Gasteiger charge is 2.51. The first-order chi connectivity index (χ1) is 16.3. The van der Waals surface area contributed by atoms with Crippen LogP contribution in [0.4, 0.5) is 13.2 Å². The van der Waals surface area contributed by atoms with Crippen molar-refractivity contribution < 1.29 is 27.5 Å². The first-order valence-electron chi connectivity index (χ1n) is 11.6. The second-order valence-electron chi connectivity index (χ2n) is 9.63. The van der Waals surface area contributed by atoms with Crippen LogP contribution in [0, 0.1) is 5.41 Å². The van der Waals surface area contributed by atoms with Gasteiger partial charge in [-0.05, 0) is 40.5 Å². The molecule has 5 nitrogen and oxygen atoms in total. The number of amides is 2. The van der Waals surface area contributed by atoms with E-state index in [0.29, 0.717) is 39.0 Å². The number of alkyl halides is 3. The van der Waals surface area contributed by atoms with Crippen molar-refractivity contribution in [3.05, 3.63) is 70.8 Å². The van der Waals surface area contributed by atoms with Gasteiger partial charge in [0.2, 0.25) is 11.8 Å². The summed E-state index contributed by atoms with van der Waals surface area (Å²) in [4.78, 5) is 26.8. The zero-order valence-corrected chi connectivity index (χ0v) is 18.7. The van der Waals surface area contributed by atoms with E-state index in [1.807, 2.05) is 0 Å². The molecule has 2 atom stereocenters. The van der Waals surface area contributed by atoms with Gasteiger partial charge in [-0.25, -0.2) is 0 Å². The van der Waals surface area contributed by atoms with Crippen molar-refractivity contribution in [2.45, 2.75) is 50.5 Å². The van der Waals surface area contributed by atoms with Crippen LogP contribution in [0.5, 0.6) is 0 Å². The summed E-state index contributed by atoms with van der Waals surface area (Å²) in [5, 5.41) is 2.96. The van der Waals surface area contributed by atoms with Gasteiger partial charge in [-0.15, -0.1) is 0 Å². The van der Waals surface area contributed by atoms with Gasteiger partial charge in [0.25, 0.3) is 0 Å². The predicted octanol–water partition coefficient (Wildman–Crippen LogP) is 4.28. The minimum absolute atomic E-state index is 0.0425. The average molecular weight is 473 g/mol. The van der Waals surface area contributed by atoms with Crippen LogP contribution in [-0.4, -0.2) is 42.5 Å². The SMILES string of the molecule is O=C1CC2(CCN(C(=O)C(c3ccccc3)C(F)(F)F)CC2)C(c2ccc3c(c2)COC3)CN1. The molecular formula is C26H27F3N2O3. The Morgan fingerprint density at radius 1 is 1.06 bits per heavy atom. The molecule has 0 aliphatic carbocycles. The first kappa shape index (κ1) is 22.9. The fourth-order valence-corrected chi connectivity index (χ4v) is 5.82.